The first-order valence-electron chi connectivity index (χ1n) is 8.63. The molecule has 0 unspecified atom stereocenters. The summed E-state index contributed by atoms with van der Waals surface area (Å²) < 4.78 is 2.20. The molecule has 0 aromatic heterocycles. The molecule has 2 aromatic rings. The van der Waals surface area contributed by atoms with Crippen LogP contribution in [0.2, 0.25) is 5.02 Å². The minimum atomic E-state index is -1.000. The van der Waals surface area contributed by atoms with Gasteiger partial charge in [-0.3, -0.25) is 0 Å². The van der Waals surface area contributed by atoms with Crippen LogP contribution >= 0.6 is 11.6 Å². The molecule has 2 aromatic carbocycles. The van der Waals surface area contributed by atoms with Crippen molar-refractivity contribution in [3.05, 3.63) is 65.2 Å². The molecule has 0 amide bonds. The van der Waals surface area contributed by atoms with Crippen LogP contribution in [0.1, 0.15) is 31.2 Å². The van der Waals surface area contributed by atoms with E-state index in [-0.39, 0.29) is 0 Å². The van der Waals surface area contributed by atoms with Gasteiger partial charge in [0, 0.05) is 17.0 Å². The topological polar surface area (TPSA) is 26.5 Å². The summed E-state index contributed by atoms with van der Waals surface area (Å²) >= 11 is 6.04. The zero-order valence-corrected chi connectivity index (χ0v) is 14.4. The van der Waals surface area contributed by atoms with Crippen molar-refractivity contribution in [3.8, 4) is 0 Å². The van der Waals surface area contributed by atoms with Crippen LogP contribution in [0.15, 0.2) is 54.6 Å². The average molecular weight is 342 g/mol. The minimum absolute atomic E-state index is 0.550. The van der Waals surface area contributed by atoms with Gasteiger partial charge in [0.15, 0.2) is 6.54 Å². The van der Waals surface area contributed by atoms with Crippen LogP contribution in [-0.4, -0.2) is 28.6 Å². The fraction of sp³-hybridized carbons (Fsp3) is 0.350. The second-order valence-corrected chi connectivity index (χ2v) is 7.06. The average Bonchev–Trinajstić information content (AvgIpc) is 2.77. The predicted octanol–water partition coefficient (Wildman–Crippen LogP) is 3.99. The number of anilines is 1. The zero-order chi connectivity index (χ0) is 16.6. The molecule has 0 saturated heterocycles. The lowest BCUT2D eigenvalue weighted by Crippen LogP contribution is -2.41. The third kappa shape index (κ3) is 2.62. The van der Waals surface area contributed by atoms with Crippen LogP contribution < -0.4 is 4.90 Å². The number of amidine groups is 1. The number of rotatable bonds is 2. The van der Waals surface area contributed by atoms with E-state index in [0.29, 0.717) is 11.6 Å². The van der Waals surface area contributed by atoms with Crippen molar-refractivity contribution < 1.29 is 9.68 Å². The van der Waals surface area contributed by atoms with E-state index in [4.69, 9.17) is 11.6 Å². The highest BCUT2D eigenvalue weighted by Crippen LogP contribution is 2.35. The predicted molar refractivity (Wildman–Crippen MR) is 97.7 cm³/mol. The van der Waals surface area contributed by atoms with Crippen molar-refractivity contribution in [1.29, 1.82) is 0 Å². The first-order chi connectivity index (χ1) is 11.7. The number of hydrogen-bond donors (Lipinski definition) is 1. The largest absolute Gasteiger partial charge is 0.346 e. The van der Waals surface area contributed by atoms with Crippen LogP contribution in [0.25, 0.3) is 0 Å². The van der Waals surface area contributed by atoms with E-state index < -0.39 is 5.72 Å². The van der Waals surface area contributed by atoms with E-state index >= 15 is 0 Å². The summed E-state index contributed by atoms with van der Waals surface area (Å²) in [7, 11) is 0. The van der Waals surface area contributed by atoms with E-state index in [1.807, 2.05) is 30.3 Å². The number of benzene rings is 2. The van der Waals surface area contributed by atoms with Crippen molar-refractivity contribution in [3.63, 3.8) is 0 Å². The molecule has 0 bridgehead atoms. The van der Waals surface area contributed by atoms with Crippen molar-refractivity contribution in [1.82, 2.24) is 0 Å². The first-order valence-corrected chi connectivity index (χ1v) is 9.01. The Morgan fingerprint density at radius 2 is 1.71 bits per heavy atom. The number of nitrogens with zero attached hydrogens (tertiary/aromatic N) is 2. The zero-order valence-electron chi connectivity index (χ0n) is 13.7. The number of aliphatic hydroxyl groups is 1. The van der Waals surface area contributed by atoms with Gasteiger partial charge < -0.3 is 5.11 Å². The Balaban J connectivity index is 1.81. The van der Waals surface area contributed by atoms with Gasteiger partial charge in [-0.25, -0.2) is 9.48 Å². The SMILES string of the molecule is O[C@@]1(c2ccc(Cl)cc2)CN(c2ccccc2)C2=[N+]1CCCCC2. The second-order valence-electron chi connectivity index (χ2n) is 6.62. The van der Waals surface area contributed by atoms with Gasteiger partial charge in [0.25, 0.3) is 11.6 Å². The summed E-state index contributed by atoms with van der Waals surface area (Å²) in [6.07, 6.45) is 4.50. The molecule has 4 heteroatoms. The van der Waals surface area contributed by atoms with Gasteiger partial charge in [-0.1, -0.05) is 41.9 Å². The summed E-state index contributed by atoms with van der Waals surface area (Å²) in [5, 5.41) is 12.3. The molecular formula is C20H22ClN2O+. The van der Waals surface area contributed by atoms with E-state index in [1.165, 1.54) is 18.7 Å². The van der Waals surface area contributed by atoms with Crippen molar-refractivity contribution >= 4 is 23.1 Å². The number of halogens is 1. The standard InChI is InChI=1S/C20H22ClN2O/c21-17-12-10-16(11-13-17)20(24)15-22(18-7-3-1-4-8-18)19-9-5-2-6-14-23(19)20/h1,3-4,7-8,10-13,24H,2,5-6,9,14-15H2/q+1/t20-/m1/s1. The molecule has 1 atom stereocenters. The summed E-state index contributed by atoms with van der Waals surface area (Å²) in [6, 6.07) is 18.0. The van der Waals surface area contributed by atoms with Crippen molar-refractivity contribution in [2.75, 3.05) is 18.0 Å². The molecule has 2 aliphatic rings. The molecule has 2 aliphatic heterocycles. The monoisotopic (exact) mass is 341 g/mol. The van der Waals surface area contributed by atoms with Gasteiger partial charge in [-0.05, 0) is 43.5 Å². The van der Waals surface area contributed by atoms with Crippen LogP contribution in [0.4, 0.5) is 5.69 Å². The fourth-order valence-corrected chi connectivity index (χ4v) is 4.01. The number of hydrogen-bond acceptors (Lipinski definition) is 2. The molecule has 24 heavy (non-hydrogen) atoms. The van der Waals surface area contributed by atoms with Gasteiger partial charge >= 0.3 is 0 Å². The normalized spacial score (nSPS) is 24.0. The Morgan fingerprint density at radius 3 is 2.46 bits per heavy atom. The summed E-state index contributed by atoms with van der Waals surface area (Å²) in [4.78, 5) is 2.28. The summed E-state index contributed by atoms with van der Waals surface area (Å²) in [5.41, 5.74) is 1.05. The van der Waals surface area contributed by atoms with Gasteiger partial charge in [0.05, 0.1) is 6.54 Å². The van der Waals surface area contributed by atoms with Crippen LogP contribution in [0.5, 0.6) is 0 Å². The maximum atomic E-state index is 11.6. The smallest absolute Gasteiger partial charge is 0.271 e. The molecule has 3 nitrogen and oxygen atoms in total. The fourth-order valence-electron chi connectivity index (χ4n) is 3.88. The molecule has 124 valence electrons. The van der Waals surface area contributed by atoms with E-state index in [2.05, 4.69) is 33.7 Å². The van der Waals surface area contributed by atoms with Crippen LogP contribution in [0, 0.1) is 0 Å². The molecule has 2 heterocycles. The highest BCUT2D eigenvalue weighted by atomic mass is 35.5. The Kier molecular flexibility index (Phi) is 4.07. The third-order valence-electron chi connectivity index (χ3n) is 5.10. The van der Waals surface area contributed by atoms with E-state index in [9.17, 15) is 5.11 Å². The Bertz CT molecular complexity index is 757. The highest BCUT2D eigenvalue weighted by Gasteiger charge is 2.51. The molecule has 0 radical (unpaired) electrons. The molecular weight excluding hydrogens is 320 g/mol. The number of β-amino-alcohol motifs (C(OH)–C–C–N with tert-alkyl or cyclic N) is 1. The Hall–Kier alpha value is -1.84. The maximum absolute atomic E-state index is 11.6. The van der Waals surface area contributed by atoms with Crippen LogP contribution in [-0.2, 0) is 5.72 Å². The quantitative estimate of drug-likeness (QED) is 0.836. The lowest BCUT2D eigenvalue weighted by atomic mass is 10.0. The van der Waals surface area contributed by atoms with E-state index in [0.717, 1.165) is 30.6 Å². The molecule has 0 spiro atoms. The van der Waals surface area contributed by atoms with Crippen molar-refractivity contribution in [2.45, 2.75) is 31.4 Å². The van der Waals surface area contributed by atoms with Gasteiger partial charge in [-0.15, -0.1) is 0 Å². The Morgan fingerprint density at radius 1 is 0.958 bits per heavy atom. The minimum Gasteiger partial charge on any atom is -0.346 e. The van der Waals surface area contributed by atoms with Gasteiger partial charge in [-0.2, -0.15) is 0 Å². The molecule has 0 aliphatic carbocycles. The highest BCUT2D eigenvalue weighted by molar-refractivity contribution is 6.30. The maximum Gasteiger partial charge on any atom is 0.271 e. The van der Waals surface area contributed by atoms with Crippen molar-refractivity contribution in [2.24, 2.45) is 0 Å². The Labute approximate surface area is 147 Å². The molecule has 0 fully saturated rings. The second kappa shape index (κ2) is 6.23. The number of para-hydroxylation sites is 1. The third-order valence-corrected chi connectivity index (χ3v) is 5.36. The lowest BCUT2D eigenvalue weighted by Gasteiger charge is -2.23. The molecule has 1 N–H and O–H groups in total. The van der Waals surface area contributed by atoms with Gasteiger partial charge in [0.1, 0.15) is 5.69 Å². The first kappa shape index (κ1) is 15.7. The molecule has 4 rings (SSSR count). The lowest BCUT2D eigenvalue weighted by molar-refractivity contribution is -0.658. The summed E-state index contributed by atoms with van der Waals surface area (Å²) in [6.45, 7) is 1.44. The van der Waals surface area contributed by atoms with Gasteiger partial charge in [0.2, 0.25) is 0 Å². The van der Waals surface area contributed by atoms with E-state index in [1.54, 1.807) is 0 Å². The molecule has 0 saturated carbocycles. The summed E-state index contributed by atoms with van der Waals surface area (Å²) in [5.74, 6) is 1.23. The van der Waals surface area contributed by atoms with Crippen LogP contribution in [0.3, 0.4) is 0 Å².